The monoisotopic (exact) mass is 389 g/mol. The van der Waals surface area contributed by atoms with Crippen LogP contribution in [-0.2, 0) is 16.6 Å². The second-order valence-corrected chi connectivity index (χ2v) is 8.69. The van der Waals surface area contributed by atoms with Gasteiger partial charge in [0.15, 0.2) is 5.78 Å². The van der Waals surface area contributed by atoms with Crippen molar-refractivity contribution in [3.05, 3.63) is 53.2 Å². The third-order valence-corrected chi connectivity index (χ3v) is 6.30. The lowest BCUT2D eigenvalue weighted by Crippen LogP contribution is -2.23. The number of hydrogen-bond donors (Lipinski definition) is 1. The summed E-state index contributed by atoms with van der Waals surface area (Å²) >= 11 is 1.47. The van der Waals surface area contributed by atoms with Crippen molar-refractivity contribution in [3.8, 4) is 10.7 Å². The van der Waals surface area contributed by atoms with Gasteiger partial charge in [0.2, 0.25) is 21.7 Å². The minimum atomic E-state index is -3.74. The van der Waals surface area contributed by atoms with Crippen LogP contribution >= 0.6 is 11.3 Å². The number of nitrogens with one attached hydrogen (secondary N) is 1. The molecule has 1 fully saturated rings. The maximum atomic E-state index is 12.4. The fourth-order valence-electron chi connectivity index (χ4n) is 2.45. The number of nitrogens with zero attached hydrogens (tertiary/aromatic N) is 2. The molecule has 9 heteroatoms. The molecule has 0 radical (unpaired) electrons. The molecule has 134 valence electrons. The number of thiophene rings is 1. The molecular formula is C17H15N3O4S2. The number of rotatable bonds is 7. The number of hydrogen-bond acceptors (Lipinski definition) is 7. The predicted molar refractivity (Wildman–Crippen MR) is 95.1 cm³/mol. The highest BCUT2D eigenvalue weighted by Crippen LogP contribution is 2.32. The van der Waals surface area contributed by atoms with Crippen molar-refractivity contribution >= 4 is 27.1 Å². The normalized spacial score (nSPS) is 14.5. The van der Waals surface area contributed by atoms with Gasteiger partial charge in [-0.3, -0.25) is 4.79 Å². The fourth-order valence-corrected chi connectivity index (χ4v) is 4.08. The van der Waals surface area contributed by atoms with Gasteiger partial charge in [0, 0.05) is 11.5 Å². The van der Waals surface area contributed by atoms with Gasteiger partial charge in [-0.25, -0.2) is 13.1 Å². The van der Waals surface area contributed by atoms with Gasteiger partial charge in [-0.15, -0.1) is 11.3 Å². The molecule has 0 saturated heterocycles. The highest BCUT2D eigenvalue weighted by atomic mass is 32.2. The van der Waals surface area contributed by atoms with Gasteiger partial charge < -0.3 is 4.52 Å². The van der Waals surface area contributed by atoms with Gasteiger partial charge in [0.25, 0.3) is 0 Å². The van der Waals surface area contributed by atoms with Crippen LogP contribution in [-0.4, -0.2) is 24.3 Å². The van der Waals surface area contributed by atoms with E-state index < -0.39 is 10.0 Å². The van der Waals surface area contributed by atoms with E-state index in [2.05, 4.69) is 14.9 Å². The minimum Gasteiger partial charge on any atom is -0.337 e. The van der Waals surface area contributed by atoms with E-state index in [9.17, 15) is 13.2 Å². The van der Waals surface area contributed by atoms with E-state index in [-0.39, 0.29) is 29.0 Å². The van der Waals surface area contributed by atoms with E-state index in [0.717, 1.165) is 17.7 Å². The van der Waals surface area contributed by atoms with Crippen molar-refractivity contribution in [2.75, 3.05) is 0 Å². The Labute approximate surface area is 154 Å². The van der Waals surface area contributed by atoms with Crippen molar-refractivity contribution in [2.45, 2.75) is 24.3 Å². The van der Waals surface area contributed by atoms with Gasteiger partial charge in [-0.05, 0) is 36.4 Å². The van der Waals surface area contributed by atoms with Gasteiger partial charge in [0.05, 0.1) is 16.3 Å². The zero-order valence-electron chi connectivity index (χ0n) is 13.6. The van der Waals surface area contributed by atoms with E-state index in [1.54, 1.807) is 12.1 Å². The van der Waals surface area contributed by atoms with Gasteiger partial charge in [0.1, 0.15) is 0 Å². The lowest BCUT2D eigenvalue weighted by atomic mass is 10.1. The van der Waals surface area contributed by atoms with Crippen LogP contribution < -0.4 is 4.72 Å². The molecule has 1 saturated carbocycles. The standard InChI is InChI=1S/C17H15N3O4S2/c21-16(11-3-4-11)12-5-7-13(8-6-12)26(22,23)18-10-15-19-17(20-24-15)14-2-1-9-25-14/h1-2,5-9,11,18H,3-4,10H2. The van der Waals surface area contributed by atoms with E-state index in [1.807, 2.05) is 17.5 Å². The molecule has 1 N–H and O–H groups in total. The van der Waals surface area contributed by atoms with Crippen LogP contribution in [0, 0.1) is 5.92 Å². The van der Waals surface area contributed by atoms with E-state index >= 15 is 0 Å². The molecule has 2 heterocycles. The SMILES string of the molecule is O=C(c1ccc(S(=O)(=O)NCc2nc(-c3cccs3)no2)cc1)C1CC1. The molecule has 1 aromatic carbocycles. The molecule has 1 aliphatic rings. The van der Waals surface area contributed by atoms with Crippen LogP contribution in [0.3, 0.4) is 0 Å². The Hall–Kier alpha value is -2.36. The Morgan fingerprint density at radius 1 is 1.23 bits per heavy atom. The van der Waals surface area contributed by atoms with Crippen molar-refractivity contribution in [3.63, 3.8) is 0 Å². The van der Waals surface area contributed by atoms with Crippen molar-refractivity contribution in [1.82, 2.24) is 14.9 Å². The maximum Gasteiger partial charge on any atom is 0.242 e. The molecule has 0 amide bonds. The summed E-state index contributed by atoms with van der Waals surface area (Å²) in [5.41, 5.74) is 0.545. The zero-order valence-corrected chi connectivity index (χ0v) is 15.2. The smallest absolute Gasteiger partial charge is 0.242 e. The minimum absolute atomic E-state index is 0.0777. The number of carbonyl (C=O) groups excluding carboxylic acids is 1. The lowest BCUT2D eigenvalue weighted by molar-refractivity contribution is 0.0967. The summed E-state index contributed by atoms with van der Waals surface area (Å²) in [6.07, 6.45) is 1.83. The first-order valence-electron chi connectivity index (χ1n) is 8.03. The molecule has 0 spiro atoms. The summed E-state index contributed by atoms with van der Waals surface area (Å²) in [4.78, 5) is 17.1. The Morgan fingerprint density at radius 2 is 2.00 bits per heavy atom. The summed E-state index contributed by atoms with van der Waals surface area (Å²) in [6.45, 7) is -0.108. The van der Waals surface area contributed by atoms with Crippen LogP contribution in [0.15, 0.2) is 51.2 Å². The molecule has 1 aliphatic carbocycles. The summed E-state index contributed by atoms with van der Waals surface area (Å²) in [5.74, 6) is 0.786. The molecule has 2 aromatic heterocycles. The predicted octanol–water partition coefficient (Wildman–Crippen LogP) is 2.87. The molecule has 7 nitrogen and oxygen atoms in total. The van der Waals surface area contributed by atoms with Crippen LogP contribution in [0.1, 0.15) is 29.1 Å². The number of carbonyl (C=O) groups is 1. The van der Waals surface area contributed by atoms with E-state index in [0.29, 0.717) is 11.4 Å². The molecule has 0 bridgehead atoms. The van der Waals surface area contributed by atoms with Crippen molar-refractivity contribution in [1.29, 1.82) is 0 Å². The van der Waals surface area contributed by atoms with Crippen LogP contribution in [0.2, 0.25) is 0 Å². The molecule has 0 atom stereocenters. The molecule has 0 unspecified atom stereocenters. The third-order valence-electron chi connectivity index (χ3n) is 4.02. The maximum absolute atomic E-state index is 12.4. The van der Waals surface area contributed by atoms with E-state index in [4.69, 9.17) is 4.52 Å². The Morgan fingerprint density at radius 3 is 2.65 bits per heavy atom. The van der Waals surface area contributed by atoms with Crippen molar-refractivity contribution in [2.24, 2.45) is 5.92 Å². The summed E-state index contributed by atoms with van der Waals surface area (Å²) in [5, 5.41) is 5.73. The molecular weight excluding hydrogens is 374 g/mol. The molecule has 0 aliphatic heterocycles. The molecule has 3 aromatic rings. The van der Waals surface area contributed by atoms with Crippen molar-refractivity contribution < 1.29 is 17.7 Å². The summed E-state index contributed by atoms with van der Waals surface area (Å²) < 4.78 is 32.3. The largest absolute Gasteiger partial charge is 0.337 e. The zero-order chi connectivity index (χ0) is 18.1. The first-order chi connectivity index (χ1) is 12.5. The van der Waals surface area contributed by atoms with Gasteiger partial charge >= 0.3 is 0 Å². The number of benzene rings is 1. The first-order valence-corrected chi connectivity index (χ1v) is 10.4. The average Bonchev–Trinajstić information content (AvgIpc) is 3.15. The van der Waals surface area contributed by atoms with Crippen LogP contribution in [0.5, 0.6) is 0 Å². The molecule has 26 heavy (non-hydrogen) atoms. The first kappa shape index (κ1) is 17.1. The second-order valence-electron chi connectivity index (χ2n) is 5.98. The second kappa shape index (κ2) is 6.75. The number of Topliss-reactive ketones (excluding diaryl/α,β-unsaturated/α-hetero) is 1. The molecule has 4 rings (SSSR count). The number of sulfonamides is 1. The average molecular weight is 389 g/mol. The van der Waals surface area contributed by atoms with Crippen LogP contribution in [0.4, 0.5) is 0 Å². The third kappa shape index (κ3) is 3.59. The number of ketones is 1. The van der Waals surface area contributed by atoms with Crippen LogP contribution in [0.25, 0.3) is 10.7 Å². The quantitative estimate of drug-likeness (QED) is 0.624. The Kier molecular flexibility index (Phi) is 4.43. The topological polar surface area (TPSA) is 102 Å². The number of aromatic nitrogens is 2. The fraction of sp³-hybridized carbons (Fsp3) is 0.235. The Bertz CT molecular complexity index is 1020. The lowest BCUT2D eigenvalue weighted by Gasteiger charge is -2.05. The summed E-state index contributed by atoms with van der Waals surface area (Å²) in [6, 6.07) is 9.70. The van der Waals surface area contributed by atoms with Gasteiger partial charge in [-0.1, -0.05) is 23.4 Å². The highest BCUT2D eigenvalue weighted by Gasteiger charge is 2.30. The van der Waals surface area contributed by atoms with E-state index in [1.165, 1.54) is 23.5 Å². The van der Waals surface area contributed by atoms with Gasteiger partial charge in [-0.2, -0.15) is 4.98 Å². The highest BCUT2D eigenvalue weighted by molar-refractivity contribution is 7.89. The summed E-state index contributed by atoms with van der Waals surface area (Å²) in [7, 11) is -3.74. The Balaban J connectivity index is 1.43.